The first-order chi connectivity index (χ1) is 14.2. The maximum absolute atomic E-state index is 12.8. The number of aromatic nitrogens is 4. The van der Waals surface area contributed by atoms with Gasteiger partial charge >= 0.3 is 6.09 Å². The molecule has 8 nitrogen and oxygen atoms in total. The molecule has 1 saturated heterocycles. The largest absolute Gasteiger partial charge is 0.439 e. The van der Waals surface area contributed by atoms with Gasteiger partial charge in [-0.1, -0.05) is 48.0 Å². The number of halogens is 1. The lowest BCUT2D eigenvalue weighted by Crippen LogP contribution is -2.49. The fourth-order valence-corrected chi connectivity index (χ4v) is 3.60. The Hall–Kier alpha value is -3.13. The Bertz CT molecular complexity index is 929. The molecule has 3 aromatic rings. The van der Waals surface area contributed by atoms with Crippen LogP contribution < -0.4 is 4.90 Å². The van der Waals surface area contributed by atoms with Crippen LogP contribution in [0.3, 0.4) is 0 Å². The highest BCUT2D eigenvalue weighted by Crippen LogP contribution is 2.27. The number of nitrogens with zero attached hydrogens (tertiary/aromatic N) is 6. The zero-order valence-electron chi connectivity index (χ0n) is 15.8. The molecule has 150 valence electrons. The van der Waals surface area contributed by atoms with Crippen molar-refractivity contribution in [2.24, 2.45) is 0 Å². The molecule has 0 aliphatic carbocycles. The van der Waals surface area contributed by atoms with Crippen LogP contribution in [-0.2, 0) is 11.3 Å². The van der Waals surface area contributed by atoms with Crippen molar-refractivity contribution in [2.75, 3.05) is 31.1 Å². The standard InChI is InChI=1S/C20H21ClN6O2/c21-18-9-5-4-8-17(18)19(14-27-23-15-22-24-27)29-20(28)26-12-10-25(11-13-26)16-6-2-1-3-7-16/h1-9,15,19H,10-14H2. The predicted molar refractivity (Wildman–Crippen MR) is 109 cm³/mol. The van der Waals surface area contributed by atoms with E-state index in [0.29, 0.717) is 23.7 Å². The van der Waals surface area contributed by atoms with E-state index >= 15 is 0 Å². The molecule has 0 radical (unpaired) electrons. The van der Waals surface area contributed by atoms with E-state index in [1.165, 1.54) is 11.1 Å². The minimum atomic E-state index is -0.613. The fourth-order valence-electron chi connectivity index (χ4n) is 3.34. The van der Waals surface area contributed by atoms with Gasteiger partial charge in [-0.25, -0.2) is 4.79 Å². The molecule has 0 bridgehead atoms. The number of benzene rings is 2. The van der Waals surface area contributed by atoms with Crippen LogP contribution in [0, 0.1) is 0 Å². The van der Waals surface area contributed by atoms with E-state index in [2.05, 4.69) is 32.4 Å². The minimum Gasteiger partial charge on any atom is -0.439 e. The van der Waals surface area contributed by atoms with Crippen molar-refractivity contribution in [1.29, 1.82) is 0 Å². The number of piperazine rings is 1. The molecule has 0 N–H and O–H groups in total. The van der Waals surface area contributed by atoms with Crippen molar-refractivity contribution >= 4 is 23.4 Å². The van der Waals surface area contributed by atoms with Crippen LogP contribution in [0.2, 0.25) is 5.02 Å². The number of carbonyl (C=O) groups excluding carboxylic acids is 1. The third-order valence-electron chi connectivity index (χ3n) is 4.87. The highest BCUT2D eigenvalue weighted by molar-refractivity contribution is 6.31. The van der Waals surface area contributed by atoms with Gasteiger partial charge in [-0.2, -0.15) is 4.80 Å². The van der Waals surface area contributed by atoms with Gasteiger partial charge in [-0.3, -0.25) is 0 Å². The van der Waals surface area contributed by atoms with Gasteiger partial charge in [0, 0.05) is 42.5 Å². The van der Waals surface area contributed by atoms with Gasteiger partial charge in [0.25, 0.3) is 0 Å². The Balaban J connectivity index is 1.42. The van der Waals surface area contributed by atoms with E-state index < -0.39 is 6.10 Å². The molecule has 2 aromatic carbocycles. The Morgan fingerprint density at radius 2 is 1.76 bits per heavy atom. The van der Waals surface area contributed by atoms with Crippen molar-refractivity contribution in [3.8, 4) is 0 Å². The zero-order chi connectivity index (χ0) is 20.1. The van der Waals surface area contributed by atoms with Gasteiger partial charge < -0.3 is 14.5 Å². The van der Waals surface area contributed by atoms with Crippen molar-refractivity contribution in [3.63, 3.8) is 0 Å². The molecule has 1 atom stereocenters. The van der Waals surface area contributed by atoms with E-state index in [1.54, 1.807) is 11.0 Å². The Labute approximate surface area is 173 Å². The second-order valence-corrected chi connectivity index (χ2v) is 7.10. The Kier molecular flexibility index (Phi) is 5.90. The number of hydrogen-bond acceptors (Lipinski definition) is 6. The van der Waals surface area contributed by atoms with Gasteiger partial charge in [0.2, 0.25) is 0 Å². The summed E-state index contributed by atoms with van der Waals surface area (Å²) in [6.45, 7) is 2.91. The molecule has 9 heteroatoms. The average molecular weight is 413 g/mol. The molecule has 1 amide bonds. The number of amides is 1. The number of hydrogen-bond donors (Lipinski definition) is 0. The maximum atomic E-state index is 12.8. The number of tetrazole rings is 1. The van der Waals surface area contributed by atoms with Crippen molar-refractivity contribution < 1.29 is 9.53 Å². The molecule has 0 spiro atoms. The molecule has 0 saturated carbocycles. The van der Waals surface area contributed by atoms with E-state index in [-0.39, 0.29) is 12.6 Å². The van der Waals surface area contributed by atoms with Crippen LogP contribution in [-0.4, -0.2) is 57.4 Å². The topological polar surface area (TPSA) is 76.4 Å². The molecular weight excluding hydrogens is 392 g/mol. The minimum absolute atomic E-state index is 0.236. The number of para-hydroxylation sites is 1. The van der Waals surface area contributed by atoms with Gasteiger partial charge in [0.05, 0.1) is 0 Å². The fraction of sp³-hybridized carbons (Fsp3) is 0.300. The normalized spacial score (nSPS) is 15.2. The van der Waals surface area contributed by atoms with E-state index in [1.807, 2.05) is 36.4 Å². The Morgan fingerprint density at radius 3 is 2.45 bits per heavy atom. The van der Waals surface area contributed by atoms with Crippen LogP contribution in [0.4, 0.5) is 10.5 Å². The Morgan fingerprint density at radius 1 is 1.03 bits per heavy atom. The number of carbonyl (C=O) groups is 1. The molecule has 1 aliphatic rings. The molecule has 1 unspecified atom stereocenters. The predicted octanol–water partition coefficient (Wildman–Crippen LogP) is 3.03. The lowest BCUT2D eigenvalue weighted by molar-refractivity contribution is 0.0492. The lowest BCUT2D eigenvalue weighted by Gasteiger charge is -2.36. The molecule has 1 aliphatic heterocycles. The second-order valence-electron chi connectivity index (χ2n) is 6.69. The molecule has 1 fully saturated rings. The van der Waals surface area contributed by atoms with Crippen LogP contribution in [0.5, 0.6) is 0 Å². The highest BCUT2D eigenvalue weighted by atomic mass is 35.5. The molecular formula is C20H21ClN6O2. The number of anilines is 1. The second kappa shape index (κ2) is 8.91. The van der Waals surface area contributed by atoms with Crippen LogP contribution >= 0.6 is 11.6 Å². The van der Waals surface area contributed by atoms with E-state index in [4.69, 9.17) is 16.3 Å². The monoisotopic (exact) mass is 412 g/mol. The lowest BCUT2D eigenvalue weighted by atomic mass is 10.1. The first-order valence-corrected chi connectivity index (χ1v) is 9.79. The van der Waals surface area contributed by atoms with Gasteiger partial charge in [-0.05, 0) is 23.4 Å². The van der Waals surface area contributed by atoms with E-state index in [0.717, 1.165) is 18.8 Å². The van der Waals surface area contributed by atoms with Crippen LogP contribution in [0.25, 0.3) is 0 Å². The first-order valence-electron chi connectivity index (χ1n) is 9.41. The average Bonchev–Trinajstić information content (AvgIpc) is 3.27. The SMILES string of the molecule is O=C(OC(Cn1ncnn1)c1ccccc1Cl)N1CCN(c2ccccc2)CC1. The summed E-state index contributed by atoms with van der Waals surface area (Å²) in [5.41, 5.74) is 1.87. The van der Waals surface area contributed by atoms with Crippen LogP contribution in [0.15, 0.2) is 60.9 Å². The summed E-state index contributed by atoms with van der Waals surface area (Å²) >= 11 is 6.34. The summed E-state index contributed by atoms with van der Waals surface area (Å²) < 4.78 is 5.83. The van der Waals surface area contributed by atoms with Gasteiger partial charge in [0.1, 0.15) is 6.54 Å². The summed E-state index contributed by atoms with van der Waals surface area (Å²) in [4.78, 5) is 18.2. The summed E-state index contributed by atoms with van der Waals surface area (Å²) in [7, 11) is 0. The van der Waals surface area contributed by atoms with Crippen molar-refractivity contribution in [3.05, 3.63) is 71.5 Å². The van der Waals surface area contributed by atoms with Crippen molar-refractivity contribution in [1.82, 2.24) is 25.1 Å². The van der Waals surface area contributed by atoms with Crippen LogP contribution in [0.1, 0.15) is 11.7 Å². The quantitative estimate of drug-likeness (QED) is 0.641. The third-order valence-corrected chi connectivity index (χ3v) is 5.22. The third kappa shape index (κ3) is 4.65. The highest BCUT2D eigenvalue weighted by Gasteiger charge is 2.27. The van der Waals surface area contributed by atoms with Gasteiger partial charge in [-0.15, -0.1) is 10.2 Å². The smallest absolute Gasteiger partial charge is 0.410 e. The molecule has 2 heterocycles. The number of rotatable bonds is 5. The van der Waals surface area contributed by atoms with Gasteiger partial charge in [0.15, 0.2) is 12.4 Å². The van der Waals surface area contributed by atoms with Crippen molar-refractivity contribution in [2.45, 2.75) is 12.6 Å². The zero-order valence-corrected chi connectivity index (χ0v) is 16.5. The van der Waals surface area contributed by atoms with E-state index in [9.17, 15) is 4.79 Å². The summed E-state index contributed by atoms with van der Waals surface area (Å²) in [5, 5.41) is 12.1. The summed E-state index contributed by atoms with van der Waals surface area (Å²) in [6, 6.07) is 17.5. The molecule has 1 aromatic heterocycles. The number of ether oxygens (including phenoxy) is 1. The molecule has 29 heavy (non-hydrogen) atoms. The maximum Gasteiger partial charge on any atom is 0.410 e. The molecule has 4 rings (SSSR count). The summed E-state index contributed by atoms with van der Waals surface area (Å²) in [5.74, 6) is 0. The first kappa shape index (κ1) is 19.2. The summed E-state index contributed by atoms with van der Waals surface area (Å²) in [6.07, 6.45) is 0.356.